The monoisotopic (exact) mass is 384 g/mol. The molecule has 2 aromatic heterocycles. The van der Waals surface area contributed by atoms with Crippen LogP contribution >= 0.6 is 0 Å². The highest BCUT2D eigenvalue weighted by Gasteiger charge is 2.43. The van der Waals surface area contributed by atoms with Crippen LogP contribution in [0.15, 0.2) is 22.6 Å². The van der Waals surface area contributed by atoms with Gasteiger partial charge in [-0.15, -0.1) is 0 Å². The number of hydrogen-bond donors (Lipinski definition) is 1. The van der Waals surface area contributed by atoms with Crippen molar-refractivity contribution in [2.24, 2.45) is 5.41 Å². The largest absolute Gasteiger partial charge is 0.454 e. The number of nitrogens with zero attached hydrogens (tertiary/aromatic N) is 3. The summed E-state index contributed by atoms with van der Waals surface area (Å²) in [6.07, 6.45) is 6.06. The maximum Gasteiger partial charge on any atom is 0.287 e. The number of amides is 1. The topological polar surface area (TPSA) is 63.3 Å². The highest BCUT2D eigenvalue weighted by molar-refractivity contribution is 5.91. The van der Waals surface area contributed by atoms with Crippen LogP contribution < -0.4 is 5.32 Å². The first-order chi connectivity index (χ1) is 13.5. The Balaban J connectivity index is 1.33. The van der Waals surface area contributed by atoms with Gasteiger partial charge in [0.15, 0.2) is 5.76 Å². The summed E-state index contributed by atoms with van der Waals surface area (Å²) in [5.41, 5.74) is 2.36. The minimum absolute atomic E-state index is 0.114. The molecule has 2 aliphatic rings. The van der Waals surface area contributed by atoms with Crippen LogP contribution in [0.2, 0.25) is 0 Å². The summed E-state index contributed by atoms with van der Waals surface area (Å²) < 4.78 is 7.98. The SMILES string of the molecule is Cc1cc(C)n(CC2(CNC(=O)c3ccc([C@H](C)N4CCCCC4)o3)CC2)n1. The minimum Gasteiger partial charge on any atom is -0.454 e. The lowest BCUT2D eigenvalue weighted by Crippen LogP contribution is -2.33. The van der Waals surface area contributed by atoms with Crippen molar-refractivity contribution in [1.82, 2.24) is 20.0 Å². The van der Waals surface area contributed by atoms with Crippen molar-refractivity contribution >= 4 is 5.91 Å². The van der Waals surface area contributed by atoms with Crippen molar-refractivity contribution in [3.63, 3.8) is 0 Å². The summed E-state index contributed by atoms with van der Waals surface area (Å²) in [6, 6.07) is 6.09. The summed E-state index contributed by atoms with van der Waals surface area (Å²) in [4.78, 5) is 15.1. The van der Waals surface area contributed by atoms with Gasteiger partial charge in [0.2, 0.25) is 0 Å². The van der Waals surface area contributed by atoms with E-state index in [0.29, 0.717) is 12.3 Å². The molecule has 1 amide bonds. The quantitative estimate of drug-likeness (QED) is 0.788. The number of likely N-dealkylation sites (tertiary alicyclic amines) is 1. The molecule has 0 bridgehead atoms. The van der Waals surface area contributed by atoms with E-state index < -0.39 is 0 Å². The van der Waals surface area contributed by atoms with E-state index in [9.17, 15) is 4.79 Å². The average molecular weight is 385 g/mol. The van der Waals surface area contributed by atoms with Crippen LogP contribution in [0, 0.1) is 19.3 Å². The summed E-state index contributed by atoms with van der Waals surface area (Å²) in [5, 5.41) is 7.66. The van der Waals surface area contributed by atoms with Gasteiger partial charge in [-0.25, -0.2) is 0 Å². The van der Waals surface area contributed by atoms with Crippen LogP contribution in [-0.4, -0.2) is 40.2 Å². The molecule has 4 rings (SSSR count). The maximum absolute atomic E-state index is 12.6. The fourth-order valence-corrected chi connectivity index (χ4v) is 4.26. The number of hydrogen-bond acceptors (Lipinski definition) is 4. The van der Waals surface area contributed by atoms with Gasteiger partial charge in [0, 0.05) is 24.2 Å². The van der Waals surface area contributed by atoms with Crippen molar-refractivity contribution < 1.29 is 9.21 Å². The van der Waals surface area contributed by atoms with Crippen molar-refractivity contribution in [3.8, 4) is 0 Å². The molecule has 28 heavy (non-hydrogen) atoms. The Bertz CT molecular complexity index is 827. The predicted octanol–water partition coefficient (Wildman–Crippen LogP) is 3.85. The molecule has 6 nitrogen and oxygen atoms in total. The summed E-state index contributed by atoms with van der Waals surface area (Å²) in [7, 11) is 0. The van der Waals surface area contributed by atoms with Crippen LogP contribution in [0.4, 0.5) is 0 Å². The highest BCUT2D eigenvalue weighted by atomic mass is 16.4. The molecule has 2 fully saturated rings. The number of rotatable bonds is 7. The zero-order chi connectivity index (χ0) is 19.7. The molecule has 1 saturated heterocycles. The summed E-state index contributed by atoms with van der Waals surface area (Å²) in [5.74, 6) is 1.19. The molecule has 1 aliphatic carbocycles. The van der Waals surface area contributed by atoms with E-state index in [1.165, 1.54) is 25.0 Å². The first-order valence-electron chi connectivity index (χ1n) is 10.6. The predicted molar refractivity (Wildman–Crippen MR) is 108 cm³/mol. The van der Waals surface area contributed by atoms with Gasteiger partial charge in [-0.3, -0.25) is 14.4 Å². The second-order valence-corrected chi connectivity index (χ2v) is 8.74. The zero-order valence-electron chi connectivity index (χ0n) is 17.3. The molecule has 1 aliphatic heterocycles. The third kappa shape index (κ3) is 4.17. The fraction of sp³-hybridized carbons (Fsp3) is 0.636. The Hall–Kier alpha value is -2.08. The number of carbonyl (C=O) groups excluding carboxylic acids is 1. The minimum atomic E-state index is -0.114. The second-order valence-electron chi connectivity index (χ2n) is 8.74. The molecule has 1 N–H and O–H groups in total. The number of aromatic nitrogens is 2. The lowest BCUT2D eigenvalue weighted by Gasteiger charge is -2.31. The van der Waals surface area contributed by atoms with Gasteiger partial charge in [-0.1, -0.05) is 6.42 Å². The first kappa shape index (κ1) is 19.2. The third-order valence-electron chi connectivity index (χ3n) is 6.37. The molecule has 0 radical (unpaired) electrons. The van der Waals surface area contributed by atoms with Crippen LogP contribution in [-0.2, 0) is 6.54 Å². The molecular formula is C22H32N4O2. The molecule has 1 atom stereocenters. The fourth-order valence-electron chi connectivity index (χ4n) is 4.26. The van der Waals surface area contributed by atoms with Gasteiger partial charge in [0.1, 0.15) is 5.76 Å². The van der Waals surface area contributed by atoms with E-state index in [2.05, 4.69) is 39.9 Å². The molecule has 0 spiro atoms. The molecule has 2 aromatic rings. The normalized spacial score (nSPS) is 20.1. The first-order valence-corrected chi connectivity index (χ1v) is 10.6. The van der Waals surface area contributed by atoms with Gasteiger partial charge >= 0.3 is 0 Å². The Morgan fingerprint density at radius 2 is 2.00 bits per heavy atom. The number of carbonyl (C=O) groups is 1. The number of piperidine rings is 1. The summed E-state index contributed by atoms with van der Waals surface area (Å²) in [6.45, 7) is 10.0. The number of nitrogens with one attached hydrogen (secondary N) is 1. The van der Waals surface area contributed by atoms with Gasteiger partial charge < -0.3 is 9.73 Å². The van der Waals surface area contributed by atoms with E-state index in [1.807, 2.05) is 19.1 Å². The molecule has 0 unspecified atom stereocenters. The van der Waals surface area contributed by atoms with Crippen molar-refractivity contribution in [2.45, 2.75) is 65.5 Å². The van der Waals surface area contributed by atoms with Crippen molar-refractivity contribution in [2.75, 3.05) is 19.6 Å². The Kier molecular flexibility index (Phi) is 5.32. The van der Waals surface area contributed by atoms with E-state index in [0.717, 1.165) is 43.9 Å². The molecular weight excluding hydrogens is 352 g/mol. The van der Waals surface area contributed by atoms with E-state index in [-0.39, 0.29) is 17.4 Å². The van der Waals surface area contributed by atoms with Crippen molar-refractivity contribution in [1.29, 1.82) is 0 Å². The maximum atomic E-state index is 12.6. The average Bonchev–Trinajstić information content (AvgIpc) is 3.14. The Morgan fingerprint density at radius 3 is 2.64 bits per heavy atom. The van der Waals surface area contributed by atoms with Crippen LogP contribution in [0.3, 0.4) is 0 Å². The molecule has 3 heterocycles. The number of furan rings is 1. The molecule has 0 aromatic carbocycles. The highest BCUT2D eigenvalue weighted by Crippen LogP contribution is 2.46. The molecule has 1 saturated carbocycles. The van der Waals surface area contributed by atoms with Gasteiger partial charge in [0.25, 0.3) is 5.91 Å². The lowest BCUT2D eigenvalue weighted by atomic mass is 10.1. The Labute approximate surface area is 167 Å². The Morgan fingerprint density at radius 1 is 1.25 bits per heavy atom. The zero-order valence-corrected chi connectivity index (χ0v) is 17.3. The smallest absolute Gasteiger partial charge is 0.287 e. The van der Waals surface area contributed by atoms with E-state index in [4.69, 9.17) is 4.42 Å². The van der Waals surface area contributed by atoms with Crippen molar-refractivity contribution in [3.05, 3.63) is 41.1 Å². The van der Waals surface area contributed by atoms with Crippen LogP contribution in [0.5, 0.6) is 0 Å². The molecule has 152 valence electrons. The van der Waals surface area contributed by atoms with Crippen LogP contribution in [0.25, 0.3) is 0 Å². The third-order valence-corrected chi connectivity index (χ3v) is 6.37. The molecule has 6 heteroatoms. The van der Waals surface area contributed by atoms with Gasteiger partial charge in [0.05, 0.1) is 11.7 Å². The number of aryl methyl sites for hydroxylation is 2. The van der Waals surface area contributed by atoms with E-state index in [1.54, 1.807) is 0 Å². The van der Waals surface area contributed by atoms with E-state index >= 15 is 0 Å². The summed E-state index contributed by atoms with van der Waals surface area (Å²) >= 11 is 0. The second kappa shape index (κ2) is 7.74. The van der Waals surface area contributed by atoms with Gasteiger partial charge in [-0.05, 0) is 77.7 Å². The lowest BCUT2D eigenvalue weighted by molar-refractivity contribution is 0.0905. The van der Waals surface area contributed by atoms with Gasteiger partial charge in [-0.2, -0.15) is 5.10 Å². The standard InChI is InChI=1S/C22H32N4O2/c1-16-13-17(2)26(24-16)15-22(9-10-22)14-23-21(27)20-8-7-19(28-20)18(3)25-11-5-4-6-12-25/h7-8,13,18H,4-6,9-12,14-15H2,1-3H3,(H,23,27)/t18-/m0/s1. The van der Waals surface area contributed by atoms with Crippen LogP contribution in [0.1, 0.15) is 72.8 Å².